The van der Waals surface area contributed by atoms with Crippen molar-refractivity contribution < 1.29 is 19.8 Å². The molecule has 1 saturated heterocycles. The molecule has 0 aromatic rings. The highest BCUT2D eigenvalue weighted by Crippen LogP contribution is 2.18. The lowest BCUT2D eigenvalue weighted by atomic mass is 9.96. The number of hydrogen-bond donors (Lipinski definition) is 2. The molecule has 80 valence electrons. The second-order valence-corrected chi connectivity index (χ2v) is 3.66. The van der Waals surface area contributed by atoms with Gasteiger partial charge in [-0.3, -0.25) is 14.5 Å². The second kappa shape index (κ2) is 4.41. The van der Waals surface area contributed by atoms with Crippen molar-refractivity contribution in [2.75, 3.05) is 13.1 Å². The molecule has 1 atom stereocenters. The van der Waals surface area contributed by atoms with Crippen molar-refractivity contribution in [3.05, 3.63) is 0 Å². The van der Waals surface area contributed by atoms with Crippen molar-refractivity contribution >= 4 is 11.9 Å². The van der Waals surface area contributed by atoms with E-state index in [2.05, 4.69) is 0 Å². The van der Waals surface area contributed by atoms with E-state index in [9.17, 15) is 9.59 Å². The summed E-state index contributed by atoms with van der Waals surface area (Å²) in [4.78, 5) is 23.1. The molecule has 0 spiro atoms. The Balaban J connectivity index is 2.43. The number of nitrogens with zero attached hydrogens (tertiary/aromatic N) is 1. The molecular formula is C9H15NO4. The Kier molecular flexibility index (Phi) is 3.46. The normalized spacial score (nSPS) is 21.8. The summed E-state index contributed by atoms with van der Waals surface area (Å²) < 4.78 is 0. The minimum absolute atomic E-state index is 0.299. The zero-order valence-corrected chi connectivity index (χ0v) is 8.14. The molecule has 1 rings (SSSR count). The minimum Gasteiger partial charge on any atom is -0.481 e. The van der Waals surface area contributed by atoms with E-state index in [1.165, 1.54) is 0 Å². The first kappa shape index (κ1) is 11.0. The second-order valence-electron chi connectivity index (χ2n) is 3.66. The summed E-state index contributed by atoms with van der Waals surface area (Å²) in [6, 6.07) is -0.509. The van der Waals surface area contributed by atoms with Gasteiger partial charge >= 0.3 is 11.9 Å². The third-order valence-corrected chi connectivity index (χ3v) is 2.78. The van der Waals surface area contributed by atoms with E-state index in [0.717, 1.165) is 0 Å². The van der Waals surface area contributed by atoms with E-state index in [4.69, 9.17) is 10.2 Å². The first-order valence-electron chi connectivity index (χ1n) is 4.72. The smallest absolute Gasteiger partial charge is 0.320 e. The van der Waals surface area contributed by atoms with Crippen LogP contribution in [0.25, 0.3) is 0 Å². The molecule has 0 radical (unpaired) electrons. The average molecular weight is 201 g/mol. The first-order valence-corrected chi connectivity index (χ1v) is 4.72. The molecular weight excluding hydrogens is 186 g/mol. The van der Waals surface area contributed by atoms with Gasteiger partial charge in [-0.1, -0.05) is 0 Å². The zero-order valence-electron chi connectivity index (χ0n) is 8.14. The van der Waals surface area contributed by atoms with Gasteiger partial charge in [-0.05, 0) is 32.9 Å². The van der Waals surface area contributed by atoms with Crippen molar-refractivity contribution in [3.63, 3.8) is 0 Å². The molecule has 0 amide bonds. The highest BCUT2D eigenvalue weighted by Gasteiger charge is 2.29. The summed E-state index contributed by atoms with van der Waals surface area (Å²) in [5.74, 6) is -1.92. The molecule has 1 aliphatic heterocycles. The lowest BCUT2D eigenvalue weighted by Gasteiger charge is -2.32. The number of aliphatic carboxylic acids is 2. The standard InChI is InChI=1S/C9H15NO4/c1-6(8(11)12)10-4-2-7(3-5-10)9(13)14/h6-7H,2-5H2,1H3,(H,11,12)(H,13,14). The fraction of sp³-hybridized carbons (Fsp3) is 0.778. The summed E-state index contributed by atoms with van der Waals surface area (Å²) in [7, 11) is 0. The number of carboxylic acids is 2. The Labute approximate surface area is 82.3 Å². The fourth-order valence-corrected chi connectivity index (χ4v) is 1.69. The molecule has 1 unspecified atom stereocenters. The number of carbonyl (C=O) groups is 2. The number of likely N-dealkylation sites (tertiary alicyclic amines) is 1. The number of rotatable bonds is 3. The lowest BCUT2D eigenvalue weighted by Crippen LogP contribution is -2.45. The maximum atomic E-state index is 10.7. The van der Waals surface area contributed by atoms with Crippen LogP contribution in [0, 0.1) is 5.92 Å². The van der Waals surface area contributed by atoms with Crippen LogP contribution in [-0.4, -0.2) is 46.2 Å². The summed E-state index contributed by atoms with van der Waals surface area (Å²) in [5.41, 5.74) is 0. The molecule has 0 aliphatic carbocycles. The minimum atomic E-state index is -0.848. The Morgan fingerprint density at radius 1 is 1.29 bits per heavy atom. The molecule has 14 heavy (non-hydrogen) atoms. The maximum absolute atomic E-state index is 10.7. The average Bonchev–Trinajstić information content (AvgIpc) is 2.16. The van der Waals surface area contributed by atoms with E-state index in [1.807, 2.05) is 4.90 Å². The van der Waals surface area contributed by atoms with Gasteiger partial charge in [-0.15, -0.1) is 0 Å². The van der Waals surface area contributed by atoms with Crippen LogP contribution >= 0.6 is 0 Å². The monoisotopic (exact) mass is 201 g/mol. The molecule has 0 aromatic heterocycles. The maximum Gasteiger partial charge on any atom is 0.320 e. The SMILES string of the molecule is CC(C(=O)O)N1CCC(C(=O)O)CC1. The topological polar surface area (TPSA) is 77.8 Å². The van der Waals surface area contributed by atoms with Gasteiger partial charge in [0.2, 0.25) is 0 Å². The van der Waals surface area contributed by atoms with Gasteiger partial charge in [0.05, 0.1) is 5.92 Å². The Bertz CT molecular complexity index is 233. The number of hydrogen-bond acceptors (Lipinski definition) is 3. The third-order valence-electron chi connectivity index (χ3n) is 2.78. The van der Waals surface area contributed by atoms with Gasteiger partial charge < -0.3 is 10.2 Å². The van der Waals surface area contributed by atoms with Crippen LogP contribution in [-0.2, 0) is 9.59 Å². The Morgan fingerprint density at radius 2 is 1.79 bits per heavy atom. The molecule has 2 N–H and O–H groups in total. The van der Waals surface area contributed by atoms with Gasteiger partial charge in [0.15, 0.2) is 0 Å². The number of carboxylic acid groups (broad SMARTS) is 2. The molecule has 1 aliphatic rings. The van der Waals surface area contributed by atoms with Gasteiger partial charge in [0.1, 0.15) is 6.04 Å². The summed E-state index contributed by atoms with van der Waals surface area (Å²) in [5, 5.41) is 17.5. The summed E-state index contributed by atoms with van der Waals surface area (Å²) >= 11 is 0. The van der Waals surface area contributed by atoms with Gasteiger partial charge in [-0.2, -0.15) is 0 Å². The quantitative estimate of drug-likeness (QED) is 0.684. The molecule has 0 bridgehead atoms. The third kappa shape index (κ3) is 2.45. The van der Waals surface area contributed by atoms with E-state index < -0.39 is 18.0 Å². The molecule has 5 nitrogen and oxygen atoms in total. The molecule has 0 saturated carbocycles. The number of piperidine rings is 1. The molecule has 1 heterocycles. The van der Waals surface area contributed by atoms with Crippen LogP contribution in [0.3, 0.4) is 0 Å². The summed E-state index contributed by atoms with van der Waals surface area (Å²) in [6.07, 6.45) is 1.10. The predicted molar refractivity (Wildman–Crippen MR) is 49.0 cm³/mol. The predicted octanol–water partition coefficient (Wildman–Crippen LogP) is 0.256. The lowest BCUT2D eigenvalue weighted by molar-refractivity contribution is -0.145. The first-order chi connectivity index (χ1) is 6.52. The van der Waals surface area contributed by atoms with Crippen LogP contribution in [0.15, 0.2) is 0 Å². The van der Waals surface area contributed by atoms with Crippen molar-refractivity contribution in [2.45, 2.75) is 25.8 Å². The van der Waals surface area contributed by atoms with Crippen molar-refractivity contribution in [3.8, 4) is 0 Å². The largest absolute Gasteiger partial charge is 0.481 e. The van der Waals surface area contributed by atoms with Crippen molar-refractivity contribution in [1.29, 1.82) is 0 Å². The van der Waals surface area contributed by atoms with Crippen molar-refractivity contribution in [1.82, 2.24) is 4.90 Å². The highest BCUT2D eigenvalue weighted by atomic mass is 16.4. The molecule has 1 fully saturated rings. The van der Waals surface area contributed by atoms with E-state index in [1.54, 1.807) is 6.92 Å². The van der Waals surface area contributed by atoms with Gasteiger partial charge in [-0.25, -0.2) is 0 Å². The highest BCUT2D eigenvalue weighted by molar-refractivity contribution is 5.73. The van der Waals surface area contributed by atoms with E-state index in [0.29, 0.717) is 25.9 Å². The Hall–Kier alpha value is -1.10. The molecule has 0 aromatic carbocycles. The van der Waals surface area contributed by atoms with Gasteiger partial charge in [0, 0.05) is 0 Å². The van der Waals surface area contributed by atoms with Crippen molar-refractivity contribution in [2.24, 2.45) is 5.92 Å². The van der Waals surface area contributed by atoms with Crippen LogP contribution < -0.4 is 0 Å². The summed E-state index contributed by atoms with van der Waals surface area (Å²) in [6.45, 7) is 2.75. The fourth-order valence-electron chi connectivity index (χ4n) is 1.69. The zero-order chi connectivity index (χ0) is 10.7. The Morgan fingerprint density at radius 3 is 2.14 bits per heavy atom. The molecule has 5 heteroatoms. The van der Waals surface area contributed by atoms with Gasteiger partial charge in [0.25, 0.3) is 0 Å². The van der Waals surface area contributed by atoms with Crippen LogP contribution in [0.1, 0.15) is 19.8 Å². The van der Waals surface area contributed by atoms with Crippen LogP contribution in [0.4, 0.5) is 0 Å². The van der Waals surface area contributed by atoms with E-state index >= 15 is 0 Å². The van der Waals surface area contributed by atoms with Crippen LogP contribution in [0.5, 0.6) is 0 Å². The van der Waals surface area contributed by atoms with Crippen LogP contribution in [0.2, 0.25) is 0 Å². The van der Waals surface area contributed by atoms with E-state index in [-0.39, 0.29) is 5.92 Å².